The third-order valence-electron chi connectivity index (χ3n) is 1.94. The summed E-state index contributed by atoms with van der Waals surface area (Å²) in [7, 11) is 0. The highest BCUT2D eigenvalue weighted by molar-refractivity contribution is 14.1. The third kappa shape index (κ3) is 2.40. The topological polar surface area (TPSA) is 77.0 Å². The predicted molar refractivity (Wildman–Crippen MR) is 65.2 cm³/mol. The number of nitrogens with zero attached hydrogens (tertiary/aromatic N) is 2. The van der Waals surface area contributed by atoms with Gasteiger partial charge in [0.25, 0.3) is 0 Å². The van der Waals surface area contributed by atoms with E-state index in [0.29, 0.717) is 27.3 Å². The number of halogens is 2. The van der Waals surface area contributed by atoms with Gasteiger partial charge in [0.05, 0.1) is 21.5 Å². The lowest BCUT2D eigenvalue weighted by molar-refractivity contribution is 0.411. The van der Waals surface area contributed by atoms with Gasteiger partial charge in [0.2, 0.25) is 6.39 Å². The normalized spacial score (nSPS) is 10.4. The van der Waals surface area contributed by atoms with E-state index in [0.717, 1.165) is 0 Å². The molecule has 1 aromatic carbocycles. The van der Waals surface area contributed by atoms with Gasteiger partial charge in [-0.25, -0.2) is 4.39 Å². The molecule has 0 saturated carbocycles. The lowest BCUT2D eigenvalue weighted by atomic mass is 10.2. The Kier molecular flexibility index (Phi) is 3.22. The Bertz CT molecular complexity index is 489. The number of nitrogens with one attached hydrogen (secondary N) is 1. The first-order valence-electron chi connectivity index (χ1n) is 4.40. The van der Waals surface area contributed by atoms with Gasteiger partial charge in [-0.15, -0.1) is 0 Å². The fourth-order valence-electron chi connectivity index (χ4n) is 1.16. The molecule has 84 valence electrons. The van der Waals surface area contributed by atoms with Gasteiger partial charge in [0.1, 0.15) is 5.82 Å². The first-order valence-corrected chi connectivity index (χ1v) is 5.48. The zero-order valence-electron chi connectivity index (χ0n) is 8.08. The van der Waals surface area contributed by atoms with Crippen molar-refractivity contribution in [3.05, 3.63) is 33.7 Å². The number of aromatic nitrogens is 2. The van der Waals surface area contributed by atoms with Crippen LogP contribution in [0.5, 0.6) is 0 Å². The fraction of sp³-hybridized carbons (Fsp3) is 0.111. The predicted octanol–water partition coefficient (Wildman–Crippen LogP) is 2.01. The zero-order valence-corrected chi connectivity index (χ0v) is 10.2. The van der Waals surface area contributed by atoms with Crippen molar-refractivity contribution in [2.75, 3.05) is 11.1 Å². The minimum Gasteiger partial charge on any atom is -0.397 e. The number of hydrogen-bond acceptors (Lipinski definition) is 5. The second kappa shape index (κ2) is 4.64. The van der Waals surface area contributed by atoms with Gasteiger partial charge < -0.3 is 15.6 Å². The average Bonchev–Trinajstić information content (AvgIpc) is 2.74. The number of hydrogen-bond donors (Lipinski definition) is 2. The van der Waals surface area contributed by atoms with Crippen LogP contribution in [-0.2, 0) is 6.54 Å². The van der Waals surface area contributed by atoms with E-state index >= 15 is 0 Å². The van der Waals surface area contributed by atoms with Gasteiger partial charge in [-0.1, -0.05) is 5.16 Å². The molecule has 2 aromatic rings. The first kappa shape index (κ1) is 11.1. The number of benzene rings is 1. The molecule has 0 unspecified atom stereocenters. The molecule has 0 radical (unpaired) electrons. The van der Waals surface area contributed by atoms with Crippen LogP contribution in [0.2, 0.25) is 0 Å². The summed E-state index contributed by atoms with van der Waals surface area (Å²) >= 11 is 1.88. The number of nitrogens with two attached hydrogens (primary N) is 1. The van der Waals surface area contributed by atoms with Gasteiger partial charge in [-0.05, 0) is 28.7 Å². The van der Waals surface area contributed by atoms with Crippen molar-refractivity contribution < 1.29 is 8.91 Å². The Balaban J connectivity index is 2.12. The molecule has 0 amide bonds. The first-order chi connectivity index (χ1) is 7.66. The van der Waals surface area contributed by atoms with E-state index in [4.69, 9.17) is 5.73 Å². The van der Waals surface area contributed by atoms with Crippen LogP contribution in [0.4, 0.5) is 15.8 Å². The molecular formula is C9H8FIN4O. The third-order valence-corrected chi connectivity index (χ3v) is 2.76. The summed E-state index contributed by atoms with van der Waals surface area (Å²) < 4.78 is 18.3. The summed E-state index contributed by atoms with van der Waals surface area (Å²) in [5.74, 6) is 0.170. The molecule has 5 nitrogen and oxygen atoms in total. The summed E-state index contributed by atoms with van der Waals surface area (Å²) in [5, 5.41) is 6.55. The molecule has 0 aliphatic carbocycles. The Labute approximate surface area is 104 Å². The van der Waals surface area contributed by atoms with Crippen LogP contribution in [0, 0.1) is 9.39 Å². The molecule has 2 rings (SSSR count). The molecule has 0 aliphatic heterocycles. The van der Waals surface area contributed by atoms with E-state index in [1.54, 1.807) is 6.07 Å². The summed E-state index contributed by atoms with van der Waals surface area (Å²) in [4.78, 5) is 3.82. The van der Waals surface area contributed by atoms with Crippen LogP contribution in [0.1, 0.15) is 5.82 Å². The van der Waals surface area contributed by atoms with Crippen LogP contribution < -0.4 is 11.1 Å². The molecule has 0 spiro atoms. The monoisotopic (exact) mass is 334 g/mol. The Morgan fingerprint density at radius 1 is 1.50 bits per heavy atom. The molecule has 0 aliphatic rings. The Morgan fingerprint density at radius 3 is 3.00 bits per heavy atom. The molecule has 0 atom stereocenters. The maximum Gasteiger partial charge on any atom is 0.213 e. The second-order valence-corrected chi connectivity index (χ2v) is 4.22. The SMILES string of the molecule is Nc1cc(I)c(F)cc1NCc1ncon1. The highest BCUT2D eigenvalue weighted by atomic mass is 127. The maximum atomic E-state index is 13.3. The number of rotatable bonds is 3. The van der Waals surface area contributed by atoms with Gasteiger partial charge in [0.15, 0.2) is 5.82 Å². The van der Waals surface area contributed by atoms with E-state index < -0.39 is 0 Å². The van der Waals surface area contributed by atoms with E-state index in [1.165, 1.54) is 12.5 Å². The van der Waals surface area contributed by atoms with Gasteiger partial charge in [0, 0.05) is 6.07 Å². The smallest absolute Gasteiger partial charge is 0.213 e. The Morgan fingerprint density at radius 2 is 2.31 bits per heavy atom. The molecule has 1 aromatic heterocycles. The highest BCUT2D eigenvalue weighted by Gasteiger charge is 2.06. The second-order valence-electron chi connectivity index (χ2n) is 3.05. The maximum absolute atomic E-state index is 13.3. The van der Waals surface area contributed by atoms with Crippen LogP contribution in [0.3, 0.4) is 0 Å². The summed E-state index contributed by atoms with van der Waals surface area (Å²) in [6.45, 7) is 0.334. The van der Waals surface area contributed by atoms with E-state index in [2.05, 4.69) is 20.0 Å². The van der Waals surface area contributed by atoms with Crippen molar-refractivity contribution in [2.24, 2.45) is 0 Å². The van der Waals surface area contributed by atoms with Crippen LogP contribution >= 0.6 is 22.6 Å². The van der Waals surface area contributed by atoms with Crippen molar-refractivity contribution in [3.8, 4) is 0 Å². The van der Waals surface area contributed by atoms with E-state index in [9.17, 15) is 4.39 Å². The number of anilines is 2. The minimum absolute atomic E-state index is 0.314. The van der Waals surface area contributed by atoms with Crippen LogP contribution in [0.25, 0.3) is 0 Å². The molecule has 16 heavy (non-hydrogen) atoms. The molecular weight excluding hydrogens is 326 g/mol. The summed E-state index contributed by atoms with van der Waals surface area (Å²) in [6.07, 6.45) is 1.23. The lowest BCUT2D eigenvalue weighted by Crippen LogP contribution is -2.04. The van der Waals surface area contributed by atoms with Gasteiger partial charge >= 0.3 is 0 Å². The standard InChI is InChI=1S/C9H8FIN4O/c10-5-1-8(7(12)2-6(5)11)13-3-9-14-4-16-15-9/h1-2,4,13H,3,12H2. The van der Waals surface area contributed by atoms with Gasteiger partial charge in [-0.3, -0.25) is 0 Å². The van der Waals surface area contributed by atoms with Crippen molar-refractivity contribution >= 4 is 34.0 Å². The number of nitrogen functional groups attached to an aromatic ring is 1. The van der Waals surface area contributed by atoms with E-state index in [-0.39, 0.29) is 5.82 Å². The summed E-state index contributed by atoms with van der Waals surface area (Å²) in [5.41, 5.74) is 6.73. The highest BCUT2D eigenvalue weighted by Crippen LogP contribution is 2.24. The van der Waals surface area contributed by atoms with Crippen molar-refractivity contribution in [2.45, 2.75) is 6.54 Å². The van der Waals surface area contributed by atoms with Crippen LogP contribution in [0.15, 0.2) is 23.0 Å². The largest absolute Gasteiger partial charge is 0.397 e. The minimum atomic E-state index is -0.314. The molecule has 3 N–H and O–H groups in total. The quantitative estimate of drug-likeness (QED) is 0.663. The Hall–Kier alpha value is -1.38. The molecule has 0 bridgehead atoms. The van der Waals surface area contributed by atoms with Gasteiger partial charge in [-0.2, -0.15) is 4.98 Å². The summed E-state index contributed by atoms with van der Waals surface area (Å²) in [6, 6.07) is 2.91. The molecule has 0 saturated heterocycles. The van der Waals surface area contributed by atoms with E-state index in [1.807, 2.05) is 22.6 Å². The molecule has 0 fully saturated rings. The van der Waals surface area contributed by atoms with Crippen molar-refractivity contribution in [1.29, 1.82) is 0 Å². The fourth-order valence-corrected chi connectivity index (χ4v) is 1.65. The lowest BCUT2D eigenvalue weighted by Gasteiger charge is -2.08. The zero-order chi connectivity index (χ0) is 11.5. The molecule has 1 heterocycles. The van der Waals surface area contributed by atoms with Crippen molar-refractivity contribution in [1.82, 2.24) is 10.1 Å². The van der Waals surface area contributed by atoms with Crippen molar-refractivity contribution in [3.63, 3.8) is 0 Å². The average molecular weight is 334 g/mol. The van der Waals surface area contributed by atoms with Crippen LogP contribution in [-0.4, -0.2) is 10.1 Å². The molecule has 7 heteroatoms.